The second-order valence-electron chi connectivity index (χ2n) is 4.38. The van der Waals surface area contributed by atoms with Gasteiger partial charge in [-0.1, -0.05) is 23.5 Å². The Balaban J connectivity index is 1.94. The summed E-state index contributed by atoms with van der Waals surface area (Å²) in [5, 5.41) is 5.40. The highest BCUT2D eigenvalue weighted by molar-refractivity contribution is 7.22. The van der Waals surface area contributed by atoms with Gasteiger partial charge in [-0.25, -0.2) is 4.98 Å². The van der Waals surface area contributed by atoms with Gasteiger partial charge >= 0.3 is 0 Å². The molecule has 0 spiro atoms. The van der Waals surface area contributed by atoms with Gasteiger partial charge in [-0.15, -0.1) is 11.3 Å². The van der Waals surface area contributed by atoms with Gasteiger partial charge < -0.3 is 0 Å². The van der Waals surface area contributed by atoms with Crippen molar-refractivity contribution in [1.29, 1.82) is 0 Å². The normalized spacial score (nSPS) is 10.8. The van der Waals surface area contributed by atoms with Crippen LogP contribution in [0.2, 0.25) is 0 Å². The number of nitrogens with zero attached hydrogens (tertiary/aromatic N) is 1. The molecular formula is C14H12N2OS2. The summed E-state index contributed by atoms with van der Waals surface area (Å²) in [5.41, 5.74) is 3.32. The summed E-state index contributed by atoms with van der Waals surface area (Å²) in [7, 11) is 0. The molecule has 96 valence electrons. The fourth-order valence-electron chi connectivity index (χ4n) is 1.99. The van der Waals surface area contributed by atoms with Crippen molar-refractivity contribution >= 4 is 43.9 Å². The molecule has 1 aromatic carbocycles. The van der Waals surface area contributed by atoms with Gasteiger partial charge in [-0.05, 0) is 42.5 Å². The molecule has 1 N–H and O–H groups in total. The minimum absolute atomic E-state index is 0.0940. The van der Waals surface area contributed by atoms with Gasteiger partial charge in [-0.2, -0.15) is 0 Å². The van der Waals surface area contributed by atoms with E-state index in [0.717, 1.165) is 15.8 Å². The molecular weight excluding hydrogens is 276 g/mol. The van der Waals surface area contributed by atoms with Crippen molar-refractivity contribution in [3.8, 4) is 0 Å². The third-order valence-corrected chi connectivity index (χ3v) is 4.58. The largest absolute Gasteiger partial charge is 0.297 e. The van der Waals surface area contributed by atoms with Gasteiger partial charge in [-0.3, -0.25) is 10.1 Å². The maximum absolute atomic E-state index is 12.0. The summed E-state index contributed by atoms with van der Waals surface area (Å²) in [6, 6.07) is 7.88. The van der Waals surface area contributed by atoms with E-state index in [9.17, 15) is 4.79 Å². The number of carbonyl (C=O) groups excluding carboxylic acids is 1. The van der Waals surface area contributed by atoms with Crippen LogP contribution in [0.25, 0.3) is 10.2 Å². The number of aromatic nitrogens is 1. The molecule has 0 saturated heterocycles. The number of benzene rings is 1. The van der Waals surface area contributed by atoms with Crippen molar-refractivity contribution in [2.24, 2.45) is 0 Å². The Morgan fingerprint density at radius 3 is 2.89 bits per heavy atom. The molecule has 0 saturated carbocycles. The van der Waals surface area contributed by atoms with E-state index in [4.69, 9.17) is 0 Å². The molecule has 0 unspecified atom stereocenters. The molecule has 0 atom stereocenters. The van der Waals surface area contributed by atoms with Gasteiger partial charge in [0.05, 0.1) is 15.1 Å². The van der Waals surface area contributed by atoms with E-state index in [-0.39, 0.29) is 5.91 Å². The first kappa shape index (κ1) is 12.3. The number of hydrogen-bond acceptors (Lipinski definition) is 4. The number of rotatable bonds is 2. The van der Waals surface area contributed by atoms with Gasteiger partial charge in [0.15, 0.2) is 5.13 Å². The van der Waals surface area contributed by atoms with Crippen LogP contribution in [0.15, 0.2) is 29.6 Å². The second kappa shape index (κ2) is 4.75. The van der Waals surface area contributed by atoms with Crippen LogP contribution in [0.4, 0.5) is 5.13 Å². The second-order valence-corrected chi connectivity index (χ2v) is 6.36. The van der Waals surface area contributed by atoms with Gasteiger partial charge in [0.25, 0.3) is 5.91 Å². The monoisotopic (exact) mass is 288 g/mol. The van der Waals surface area contributed by atoms with Crippen LogP contribution in [0.5, 0.6) is 0 Å². The molecule has 3 aromatic rings. The van der Waals surface area contributed by atoms with E-state index >= 15 is 0 Å². The number of thiazole rings is 1. The van der Waals surface area contributed by atoms with E-state index < -0.39 is 0 Å². The van der Waals surface area contributed by atoms with Crippen LogP contribution in [-0.2, 0) is 0 Å². The first-order valence-corrected chi connectivity index (χ1v) is 7.56. The summed E-state index contributed by atoms with van der Waals surface area (Å²) in [5.74, 6) is -0.0940. The smallest absolute Gasteiger partial charge is 0.267 e. The fourth-order valence-corrected chi connectivity index (χ4v) is 3.65. The average molecular weight is 288 g/mol. The first-order valence-electron chi connectivity index (χ1n) is 5.86. The summed E-state index contributed by atoms with van der Waals surface area (Å²) in [6.45, 7) is 4.11. The Morgan fingerprint density at radius 2 is 2.16 bits per heavy atom. The van der Waals surface area contributed by atoms with E-state index in [1.54, 1.807) is 0 Å². The molecule has 0 aliphatic heterocycles. The SMILES string of the molecule is Cc1cc(C)c2nc(NC(=O)c3cccs3)sc2c1. The lowest BCUT2D eigenvalue weighted by Crippen LogP contribution is -2.09. The highest BCUT2D eigenvalue weighted by Gasteiger charge is 2.11. The Bertz CT molecular complexity index is 744. The zero-order valence-corrected chi connectivity index (χ0v) is 12.2. The van der Waals surface area contributed by atoms with Crippen LogP contribution < -0.4 is 5.32 Å². The zero-order valence-electron chi connectivity index (χ0n) is 10.6. The number of nitrogens with one attached hydrogen (secondary N) is 1. The number of anilines is 1. The maximum Gasteiger partial charge on any atom is 0.267 e. The summed E-state index contributed by atoms with van der Waals surface area (Å²) >= 11 is 2.94. The Labute approximate surface area is 118 Å². The third-order valence-electron chi connectivity index (χ3n) is 2.80. The molecule has 0 aliphatic rings. The van der Waals surface area contributed by atoms with Crippen LogP contribution in [0, 0.1) is 13.8 Å². The number of hydrogen-bond donors (Lipinski definition) is 1. The van der Waals surface area contributed by atoms with E-state index in [2.05, 4.69) is 29.4 Å². The lowest BCUT2D eigenvalue weighted by molar-refractivity contribution is 0.103. The lowest BCUT2D eigenvalue weighted by Gasteiger charge is -1.97. The van der Waals surface area contributed by atoms with Crippen molar-refractivity contribution in [3.63, 3.8) is 0 Å². The van der Waals surface area contributed by atoms with Crippen molar-refractivity contribution in [2.75, 3.05) is 5.32 Å². The van der Waals surface area contributed by atoms with Gasteiger partial charge in [0, 0.05) is 0 Å². The van der Waals surface area contributed by atoms with Gasteiger partial charge in [0.2, 0.25) is 0 Å². The number of amides is 1. The maximum atomic E-state index is 12.0. The quantitative estimate of drug-likeness (QED) is 0.767. The van der Waals surface area contributed by atoms with Crippen LogP contribution in [0.1, 0.15) is 20.8 Å². The highest BCUT2D eigenvalue weighted by Crippen LogP contribution is 2.29. The van der Waals surface area contributed by atoms with Crippen molar-refractivity contribution in [1.82, 2.24) is 4.98 Å². The average Bonchev–Trinajstić information content (AvgIpc) is 2.96. The molecule has 0 fully saturated rings. The molecule has 0 bridgehead atoms. The minimum Gasteiger partial charge on any atom is -0.297 e. The summed E-state index contributed by atoms with van der Waals surface area (Å²) in [6.07, 6.45) is 0. The van der Waals surface area contributed by atoms with E-state index in [1.807, 2.05) is 24.4 Å². The van der Waals surface area contributed by atoms with Crippen LogP contribution in [-0.4, -0.2) is 10.9 Å². The van der Waals surface area contributed by atoms with Crippen molar-refractivity contribution < 1.29 is 4.79 Å². The molecule has 0 aliphatic carbocycles. The van der Waals surface area contributed by atoms with Crippen molar-refractivity contribution in [3.05, 3.63) is 45.6 Å². The number of fused-ring (bicyclic) bond motifs is 1. The number of thiophene rings is 1. The van der Waals surface area contributed by atoms with Crippen molar-refractivity contribution in [2.45, 2.75) is 13.8 Å². The predicted octanol–water partition coefficient (Wildman–Crippen LogP) is 4.23. The standard InChI is InChI=1S/C14H12N2OS2/c1-8-6-9(2)12-11(7-8)19-14(15-12)16-13(17)10-4-3-5-18-10/h3-7H,1-2H3,(H,15,16,17). The molecule has 3 nitrogen and oxygen atoms in total. The van der Waals surface area contributed by atoms with E-state index in [1.165, 1.54) is 28.2 Å². The minimum atomic E-state index is -0.0940. The molecule has 1 amide bonds. The van der Waals surface area contributed by atoms with Crippen LogP contribution >= 0.6 is 22.7 Å². The molecule has 0 radical (unpaired) electrons. The lowest BCUT2D eigenvalue weighted by atomic mass is 10.1. The van der Waals surface area contributed by atoms with E-state index in [0.29, 0.717) is 10.0 Å². The number of carbonyl (C=O) groups is 1. The first-order chi connectivity index (χ1) is 9.13. The molecule has 5 heteroatoms. The Kier molecular flexibility index (Phi) is 3.08. The Morgan fingerprint density at radius 1 is 1.32 bits per heavy atom. The third kappa shape index (κ3) is 2.39. The summed E-state index contributed by atoms with van der Waals surface area (Å²) in [4.78, 5) is 17.2. The molecule has 3 rings (SSSR count). The topological polar surface area (TPSA) is 42.0 Å². The summed E-state index contributed by atoms with van der Waals surface area (Å²) < 4.78 is 1.11. The van der Waals surface area contributed by atoms with Gasteiger partial charge in [0.1, 0.15) is 0 Å². The zero-order chi connectivity index (χ0) is 13.4. The molecule has 19 heavy (non-hydrogen) atoms. The molecule has 2 aromatic heterocycles. The highest BCUT2D eigenvalue weighted by atomic mass is 32.1. The predicted molar refractivity (Wildman–Crippen MR) is 81.4 cm³/mol. The number of aryl methyl sites for hydroxylation is 2. The van der Waals surface area contributed by atoms with Crippen LogP contribution in [0.3, 0.4) is 0 Å². The molecule has 2 heterocycles. The fraction of sp³-hybridized carbons (Fsp3) is 0.143. The Hall–Kier alpha value is -1.72.